The number of rotatable bonds is 3. The summed E-state index contributed by atoms with van der Waals surface area (Å²) < 4.78 is 31.3. The molecule has 0 bridgehead atoms. The van der Waals surface area contributed by atoms with Crippen molar-refractivity contribution in [3.63, 3.8) is 0 Å². The first-order valence-corrected chi connectivity index (χ1v) is 7.33. The van der Waals surface area contributed by atoms with Crippen LogP contribution in [0.4, 0.5) is 17.1 Å². The molecule has 2 aromatic rings. The maximum absolute atomic E-state index is 11.1. The second kappa shape index (κ2) is 5.61. The van der Waals surface area contributed by atoms with Gasteiger partial charge in [-0.3, -0.25) is 4.55 Å². The Kier molecular flexibility index (Phi) is 4.07. The highest BCUT2D eigenvalue weighted by molar-refractivity contribution is 7.86. The van der Waals surface area contributed by atoms with Crippen LogP contribution in [0.5, 0.6) is 0 Å². The smallest absolute Gasteiger partial charge is 0.296 e. The molecule has 6 nitrogen and oxygen atoms in total. The van der Waals surface area contributed by atoms with Crippen molar-refractivity contribution in [1.29, 1.82) is 0 Å². The van der Waals surface area contributed by atoms with E-state index in [1.807, 2.05) is 0 Å². The van der Waals surface area contributed by atoms with Crippen molar-refractivity contribution in [2.24, 2.45) is 10.2 Å². The summed E-state index contributed by atoms with van der Waals surface area (Å²) in [4.78, 5) is 0.245. The zero-order valence-electron chi connectivity index (χ0n) is 10.1. The highest BCUT2D eigenvalue weighted by Gasteiger charge is 2.14. The van der Waals surface area contributed by atoms with Crippen molar-refractivity contribution in [3.8, 4) is 0 Å². The predicted octanol–water partition coefficient (Wildman–Crippen LogP) is 3.22. The maximum Gasteiger partial charge on any atom is 0.296 e. The van der Waals surface area contributed by atoms with Crippen LogP contribution >= 0.6 is 12.6 Å². The molecule has 2 rings (SSSR count). The van der Waals surface area contributed by atoms with Crippen molar-refractivity contribution in [2.75, 3.05) is 5.73 Å². The van der Waals surface area contributed by atoms with Gasteiger partial charge >= 0.3 is 0 Å². The fraction of sp³-hybridized carbons (Fsp3) is 0. The summed E-state index contributed by atoms with van der Waals surface area (Å²) in [6.07, 6.45) is 0. The highest BCUT2D eigenvalue weighted by Crippen LogP contribution is 2.27. The first kappa shape index (κ1) is 14.5. The molecule has 0 aliphatic heterocycles. The Labute approximate surface area is 121 Å². The zero-order chi connectivity index (χ0) is 14.8. The summed E-state index contributed by atoms with van der Waals surface area (Å²) in [6.45, 7) is 0. The number of thiol groups is 1. The average Bonchev–Trinajstić information content (AvgIpc) is 2.38. The predicted molar refractivity (Wildman–Crippen MR) is 78.5 cm³/mol. The summed E-state index contributed by atoms with van der Waals surface area (Å²) in [5.41, 5.74) is 6.22. The maximum atomic E-state index is 11.1. The number of anilines is 1. The van der Waals surface area contributed by atoms with Crippen LogP contribution in [0.25, 0.3) is 0 Å². The first-order chi connectivity index (χ1) is 9.38. The summed E-state index contributed by atoms with van der Waals surface area (Å²) in [6, 6.07) is 11.0. The molecule has 0 fully saturated rings. The Morgan fingerprint density at radius 1 is 1.10 bits per heavy atom. The summed E-state index contributed by atoms with van der Waals surface area (Å²) in [7, 11) is -4.39. The fourth-order valence-corrected chi connectivity index (χ4v) is 2.31. The molecule has 0 heterocycles. The minimum atomic E-state index is -4.39. The van der Waals surface area contributed by atoms with E-state index in [0.29, 0.717) is 10.6 Å². The normalized spacial score (nSPS) is 11.9. The molecule has 0 aromatic heterocycles. The Balaban J connectivity index is 2.39. The van der Waals surface area contributed by atoms with Crippen LogP contribution in [0.1, 0.15) is 0 Å². The lowest BCUT2D eigenvalue weighted by Gasteiger charge is -2.02. The second-order valence-electron chi connectivity index (χ2n) is 3.89. The molecule has 0 amide bonds. The van der Waals surface area contributed by atoms with E-state index in [0.717, 1.165) is 6.07 Å². The summed E-state index contributed by atoms with van der Waals surface area (Å²) in [5.74, 6) is 0. The van der Waals surface area contributed by atoms with Gasteiger partial charge in [-0.05, 0) is 30.3 Å². The van der Waals surface area contributed by atoms with Crippen LogP contribution in [-0.2, 0) is 10.1 Å². The Bertz CT molecular complexity index is 773. The van der Waals surface area contributed by atoms with E-state index in [9.17, 15) is 8.42 Å². The Hall–Kier alpha value is -1.90. The van der Waals surface area contributed by atoms with Crippen molar-refractivity contribution in [1.82, 2.24) is 0 Å². The zero-order valence-corrected chi connectivity index (χ0v) is 11.8. The topological polar surface area (TPSA) is 105 Å². The van der Waals surface area contributed by atoms with Gasteiger partial charge in [-0.15, -0.1) is 17.7 Å². The fourth-order valence-electron chi connectivity index (χ4n) is 1.47. The third-order valence-corrected chi connectivity index (χ3v) is 3.72. The lowest BCUT2D eigenvalue weighted by atomic mass is 10.3. The van der Waals surface area contributed by atoms with Gasteiger partial charge in [-0.1, -0.05) is 12.1 Å². The lowest BCUT2D eigenvalue weighted by Crippen LogP contribution is -2.02. The monoisotopic (exact) mass is 309 g/mol. The van der Waals surface area contributed by atoms with E-state index >= 15 is 0 Å². The number of nitrogens with zero attached hydrogens (tertiary/aromatic N) is 2. The minimum absolute atomic E-state index is 0.0546. The van der Waals surface area contributed by atoms with E-state index in [1.165, 1.54) is 12.1 Å². The van der Waals surface area contributed by atoms with Gasteiger partial charge < -0.3 is 5.73 Å². The molecule has 0 saturated heterocycles. The van der Waals surface area contributed by atoms with Gasteiger partial charge in [0, 0.05) is 4.90 Å². The molecule has 0 unspecified atom stereocenters. The molecule has 0 radical (unpaired) electrons. The molecular formula is C12H11N3O3S2. The second-order valence-corrected chi connectivity index (χ2v) is 5.76. The lowest BCUT2D eigenvalue weighted by molar-refractivity contribution is 0.483. The Morgan fingerprint density at radius 3 is 2.45 bits per heavy atom. The van der Waals surface area contributed by atoms with E-state index in [1.54, 1.807) is 24.3 Å². The van der Waals surface area contributed by atoms with E-state index < -0.39 is 15.0 Å². The number of nitrogen functional groups attached to an aromatic ring is 1. The quantitative estimate of drug-likeness (QED) is 0.350. The van der Waals surface area contributed by atoms with Crippen LogP contribution < -0.4 is 5.73 Å². The first-order valence-electron chi connectivity index (χ1n) is 5.44. The summed E-state index contributed by atoms with van der Waals surface area (Å²) >= 11 is 4.22. The standard InChI is InChI=1S/C12H11N3O3S2/c13-9-6-5-8(7-12(9)20(16,17)18)14-15-10-3-1-2-4-11(10)19/h1-7,19H,13H2,(H,16,17,18). The van der Waals surface area contributed by atoms with E-state index in [4.69, 9.17) is 10.3 Å². The van der Waals surface area contributed by atoms with Crippen molar-refractivity contribution >= 4 is 39.8 Å². The number of benzene rings is 2. The van der Waals surface area contributed by atoms with E-state index in [-0.39, 0.29) is 11.4 Å². The summed E-state index contributed by atoms with van der Waals surface area (Å²) in [5, 5.41) is 7.86. The third kappa shape index (κ3) is 3.35. The molecule has 0 spiro atoms. The molecule has 0 aliphatic rings. The number of hydrogen-bond acceptors (Lipinski definition) is 6. The molecule has 8 heteroatoms. The molecule has 0 aliphatic carbocycles. The van der Waals surface area contributed by atoms with Crippen molar-refractivity contribution < 1.29 is 13.0 Å². The number of azo groups is 1. The molecule has 0 atom stereocenters. The molecule has 3 N–H and O–H groups in total. The number of hydrogen-bond donors (Lipinski definition) is 3. The molecule has 20 heavy (non-hydrogen) atoms. The van der Waals surface area contributed by atoms with Gasteiger partial charge in [-0.25, -0.2) is 0 Å². The highest BCUT2D eigenvalue weighted by atomic mass is 32.2. The van der Waals surface area contributed by atoms with Crippen LogP contribution in [0.15, 0.2) is 62.5 Å². The van der Waals surface area contributed by atoms with Gasteiger partial charge in [0.05, 0.1) is 17.1 Å². The minimum Gasteiger partial charge on any atom is -0.398 e. The van der Waals surface area contributed by atoms with Crippen molar-refractivity contribution in [2.45, 2.75) is 9.79 Å². The van der Waals surface area contributed by atoms with Crippen molar-refractivity contribution in [3.05, 3.63) is 42.5 Å². The molecule has 104 valence electrons. The van der Waals surface area contributed by atoms with Gasteiger partial charge in [0.2, 0.25) is 0 Å². The molecule has 2 aromatic carbocycles. The van der Waals surface area contributed by atoms with Gasteiger partial charge in [0.25, 0.3) is 10.1 Å². The largest absolute Gasteiger partial charge is 0.398 e. The van der Waals surface area contributed by atoms with Crippen LogP contribution in [0, 0.1) is 0 Å². The molecular weight excluding hydrogens is 298 g/mol. The van der Waals surface area contributed by atoms with E-state index in [2.05, 4.69) is 22.9 Å². The third-order valence-electron chi connectivity index (χ3n) is 2.43. The Morgan fingerprint density at radius 2 is 1.80 bits per heavy atom. The average molecular weight is 309 g/mol. The van der Waals surface area contributed by atoms with Gasteiger partial charge in [0.15, 0.2) is 0 Å². The van der Waals surface area contributed by atoms with Crippen LogP contribution in [0.2, 0.25) is 0 Å². The molecule has 0 saturated carbocycles. The van der Waals surface area contributed by atoms with Gasteiger partial charge in [-0.2, -0.15) is 13.5 Å². The van der Waals surface area contributed by atoms with Crippen LogP contribution in [-0.4, -0.2) is 13.0 Å². The number of nitrogens with two attached hydrogens (primary N) is 1. The van der Waals surface area contributed by atoms with Gasteiger partial charge in [0.1, 0.15) is 4.90 Å². The van der Waals surface area contributed by atoms with Crippen LogP contribution in [0.3, 0.4) is 0 Å². The SMILES string of the molecule is Nc1ccc(N=Nc2ccccc2S)cc1S(=O)(=O)O.